The summed E-state index contributed by atoms with van der Waals surface area (Å²) < 4.78 is 0. The molecule has 0 spiro atoms. The van der Waals surface area contributed by atoms with Crippen molar-refractivity contribution in [3.63, 3.8) is 0 Å². The fraction of sp³-hybridized carbons (Fsp3) is 0.350. The van der Waals surface area contributed by atoms with Crippen LogP contribution in [-0.4, -0.2) is 58.3 Å². The van der Waals surface area contributed by atoms with E-state index in [4.69, 9.17) is 0 Å². The molecule has 3 amide bonds. The Balaban J connectivity index is 1.32. The van der Waals surface area contributed by atoms with Gasteiger partial charge in [-0.15, -0.1) is 23.1 Å². The highest BCUT2D eigenvalue weighted by molar-refractivity contribution is 7.99. The van der Waals surface area contributed by atoms with Crippen molar-refractivity contribution in [2.75, 3.05) is 24.7 Å². The number of fused-ring (bicyclic) bond motifs is 1. The molecular formula is C20H21N3O3S2. The number of carbonyl (C=O) groups excluding carboxylic acids is 3. The van der Waals surface area contributed by atoms with Crippen molar-refractivity contribution >= 4 is 40.8 Å². The van der Waals surface area contributed by atoms with Crippen LogP contribution in [0.1, 0.15) is 20.8 Å². The highest BCUT2D eigenvalue weighted by Gasteiger charge is 2.42. The van der Waals surface area contributed by atoms with E-state index in [-0.39, 0.29) is 30.3 Å². The molecule has 1 N–H and O–H groups in total. The first kappa shape index (κ1) is 19.0. The predicted octanol–water partition coefficient (Wildman–Crippen LogP) is 1.96. The smallest absolute Gasteiger partial charge is 0.251 e. The molecule has 0 aliphatic carbocycles. The van der Waals surface area contributed by atoms with Gasteiger partial charge in [0.15, 0.2) is 0 Å². The Morgan fingerprint density at radius 3 is 2.75 bits per heavy atom. The zero-order valence-corrected chi connectivity index (χ0v) is 16.9. The van der Waals surface area contributed by atoms with Gasteiger partial charge in [-0.3, -0.25) is 14.4 Å². The SMILES string of the molecule is O=C(NCCc1cccs1)c1ccc(CN2CC(=O)N3CSC[C@H]3C2=O)cc1. The number of hydrogen-bond acceptors (Lipinski definition) is 5. The molecule has 28 heavy (non-hydrogen) atoms. The zero-order valence-electron chi connectivity index (χ0n) is 15.3. The van der Waals surface area contributed by atoms with E-state index in [0.717, 1.165) is 12.0 Å². The molecule has 3 heterocycles. The molecule has 2 saturated heterocycles. The van der Waals surface area contributed by atoms with Crippen LogP contribution in [0.3, 0.4) is 0 Å². The van der Waals surface area contributed by atoms with Gasteiger partial charge in [-0.1, -0.05) is 18.2 Å². The van der Waals surface area contributed by atoms with Crippen LogP contribution in [0.5, 0.6) is 0 Å². The Hall–Kier alpha value is -2.32. The van der Waals surface area contributed by atoms with Crippen LogP contribution >= 0.6 is 23.1 Å². The zero-order chi connectivity index (χ0) is 19.5. The Labute approximate surface area is 171 Å². The maximum Gasteiger partial charge on any atom is 0.251 e. The van der Waals surface area contributed by atoms with Gasteiger partial charge in [-0.25, -0.2) is 0 Å². The molecule has 0 unspecified atom stereocenters. The van der Waals surface area contributed by atoms with Gasteiger partial charge in [-0.05, 0) is 35.6 Å². The maximum atomic E-state index is 12.6. The second-order valence-corrected chi connectivity index (χ2v) is 8.89. The quantitative estimate of drug-likeness (QED) is 0.783. The summed E-state index contributed by atoms with van der Waals surface area (Å²) in [4.78, 5) is 41.6. The minimum atomic E-state index is -0.320. The first-order valence-corrected chi connectivity index (χ1v) is 11.2. The monoisotopic (exact) mass is 415 g/mol. The molecule has 0 bridgehead atoms. The number of benzene rings is 1. The molecule has 1 aromatic carbocycles. The molecular weight excluding hydrogens is 394 g/mol. The topological polar surface area (TPSA) is 69.7 Å². The summed E-state index contributed by atoms with van der Waals surface area (Å²) in [6, 6.07) is 11.0. The highest BCUT2D eigenvalue weighted by atomic mass is 32.2. The summed E-state index contributed by atoms with van der Waals surface area (Å²) in [6.45, 7) is 1.11. The molecule has 0 radical (unpaired) electrons. The van der Waals surface area contributed by atoms with Crippen LogP contribution in [0.4, 0.5) is 0 Å². The fourth-order valence-electron chi connectivity index (χ4n) is 3.41. The first-order valence-electron chi connectivity index (χ1n) is 9.17. The molecule has 8 heteroatoms. The van der Waals surface area contributed by atoms with Crippen LogP contribution in [0.2, 0.25) is 0 Å². The molecule has 4 rings (SSSR count). The summed E-state index contributed by atoms with van der Waals surface area (Å²) >= 11 is 3.30. The van der Waals surface area contributed by atoms with Gasteiger partial charge >= 0.3 is 0 Å². The lowest BCUT2D eigenvalue weighted by molar-refractivity contribution is -0.153. The minimum absolute atomic E-state index is 0.0105. The van der Waals surface area contributed by atoms with Crippen LogP contribution in [0.15, 0.2) is 41.8 Å². The Bertz CT molecular complexity index is 867. The van der Waals surface area contributed by atoms with Crippen molar-refractivity contribution in [1.29, 1.82) is 0 Å². The Morgan fingerprint density at radius 2 is 2.00 bits per heavy atom. The van der Waals surface area contributed by atoms with Gasteiger partial charge in [0, 0.05) is 29.3 Å². The van der Waals surface area contributed by atoms with E-state index in [1.807, 2.05) is 23.6 Å². The second kappa shape index (κ2) is 8.36. The molecule has 2 aromatic rings. The highest BCUT2D eigenvalue weighted by Crippen LogP contribution is 2.26. The van der Waals surface area contributed by atoms with Crippen molar-refractivity contribution in [3.05, 3.63) is 57.8 Å². The lowest BCUT2D eigenvalue weighted by Gasteiger charge is -2.35. The summed E-state index contributed by atoms with van der Waals surface area (Å²) in [5.74, 6) is 1.20. The molecule has 6 nitrogen and oxygen atoms in total. The normalized spacial score (nSPS) is 19.1. The van der Waals surface area contributed by atoms with E-state index in [9.17, 15) is 14.4 Å². The standard InChI is InChI=1S/C20H21N3O3S2/c24-18-11-22(20(26)17-12-27-13-23(17)18)10-14-3-5-15(6-4-14)19(25)21-8-7-16-2-1-9-28-16/h1-6,9,17H,7-8,10-13H2,(H,21,25)/t17-/m0/s1. The number of carbonyl (C=O) groups is 3. The average molecular weight is 416 g/mol. The van der Waals surface area contributed by atoms with E-state index in [2.05, 4.69) is 11.4 Å². The van der Waals surface area contributed by atoms with Gasteiger partial charge < -0.3 is 15.1 Å². The molecule has 2 aliphatic rings. The van der Waals surface area contributed by atoms with Gasteiger partial charge in [0.2, 0.25) is 11.8 Å². The van der Waals surface area contributed by atoms with Crippen molar-refractivity contribution in [2.24, 2.45) is 0 Å². The van der Waals surface area contributed by atoms with Crippen molar-refractivity contribution in [1.82, 2.24) is 15.1 Å². The molecule has 2 aliphatic heterocycles. The lowest BCUT2D eigenvalue weighted by Crippen LogP contribution is -2.57. The van der Waals surface area contributed by atoms with E-state index < -0.39 is 0 Å². The maximum absolute atomic E-state index is 12.6. The molecule has 2 fully saturated rings. The fourth-order valence-corrected chi connectivity index (χ4v) is 5.29. The van der Waals surface area contributed by atoms with E-state index in [1.165, 1.54) is 4.88 Å². The van der Waals surface area contributed by atoms with Gasteiger partial charge in [0.25, 0.3) is 5.91 Å². The number of piperazine rings is 1. The average Bonchev–Trinajstić information content (AvgIpc) is 3.38. The number of thiophene rings is 1. The minimum Gasteiger partial charge on any atom is -0.352 e. The number of amides is 3. The first-order chi connectivity index (χ1) is 13.6. The Morgan fingerprint density at radius 1 is 1.18 bits per heavy atom. The second-order valence-electron chi connectivity index (χ2n) is 6.86. The van der Waals surface area contributed by atoms with Gasteiger partial charge in [0.05, 0.1) is 5.88 Å². The van der Waals surface area contributed by atoms with Gasteiger partial charge in [-0.2, -0.15) is 0 Å². The van der Waals surface area contributed by atoms with Crippen LogP contribution < -0.4 is 5.32 Å². The third-order valence-corrected chi connectivity index (χ3v) is 6.90. The number of nitrogens with zero attached hydrogens (tertiary/aromatic N) is 2. The molecule has 1 aromatic heterocycles. The third kappa shape index (κ3) is 4.07. The van der Waals surface area contributed by atoms with Crippen LogP contribution in [0, 0.1) is 0 Å². The number of rotatable bonds is 6. The van der Waals surface area contributed by atoms with Crippen molar-refractivity contribution in [3.8, 4) is 0 Å². The lowest BCUT2D eigenvalue weighted by atomic mass is 10.1. The number of thioether (sulfide) groups is 1. The predicted molar refractivity (Wildman–Crippen MR) is 110 cm³/mol. The molecule has 1 atom stereocenters. The summed E-state index contributed by atoms with van der Waals surface area (Å²) in [5.41, 5.74) is 1.50. The van der Waals surface area contributed by atoms with Gasteiger partial charge in [0.1, 0.15) is 12.6 Å². The van der Waals surface area contributed by atoms with Crippen molar-refractivity contribution in [2.45, 2.75) is 19.0 Å². The molecule has 0 saturated carbocycles. The Kier molecular flexibility index (Phi) is 5.68. The third-order valence-electron chi connectivity index (χ3n) is 4.95. The van der Waals surface area contributed by atoms with E-state index in [1.54, 1.807) is 45.0 Å². The van der Waals surface area contributed by atoms with Crippen LogP contribution in [0.25, 0.3) is 0 Å². The van der Waals surface area contributed by atoms with E-state index >= 15 is 0 Å². The summed E-state index contributed by atoms with van der Waals surface area (Å²) in [5, 5.41) is 4.95. The molecule has 146 valence electrons. The van der Waals surface area contributed by atoms with Crippen LogP contribution in [-0.2, 0) is 22.6 Å². The van der Waals surface area contributed by atoms with Crippen molar-refractivity contribution < 1.29 is 14.4 Å². The van der Waals surface area contributed by atoms with E-state index in [0.29, 0.717) is 30.3 Å². The summed E-state index contributed by atoms with van der Waals surface area (Å²) in [6.07, 6.45) is 0.822. The largest absolute Gasteiger partial charge is 0.352 e. The number of nitrogens with one attached hydrogen (secondary N) is 1. The summed E-state index contributed by atoms with van der Waals surface area (Å²) in [7, 11) is 0. The number of hydrogen-bond donors (Lipinski definition) is 1.